The number of nitrogens with zero attached hydrogens (tertiary/aromatic N) is 1. The van der Waals surface area contributed by atoms with Gasteiger partial charge in [-0.1, -0.05) is 24.3 Å². The van der Waals surface area contributed by atoms with Crippen molar-refractivity contribution >= 4 is 23.4 Å². The number of benzene rings is 2. The van der Waals surface area contributed by atoms with Gasteiger partial charge in [0.2, 0.25) is 5.91 Å². The third kappa shape index (κ3) is 3.14. The van der Waals surface area contributed by atoms with E-state index in [-0.39, 0.29) is 5.91 Å². The summed E-state index contributed by atoms with van der Waals surface area (Å²) in [5.41, 5.74) is 2.86. The van der Waals surface area contributed by atoms with Crippen LogP contribution in [0.15, 0.2) is 42.5 Å². The van der Waals surface area contributed by atoms with Crippen LogP contribution in [0, 0.1) is 11.6 Å². The van der Waals surface area contributed by atoms with E-state index in [0.717, 1.165) is 18.2 Å². The number of anilines is 1. The van der Waals surface area contributed by atoms with Crippen LogP contribution in [0.2, 0.25) is 0 Å². The molecule has 0 bridgehead atoms. The third-order valence-electron chi connectivity index (χ3n) is 3.67. The van der Waals surface area contributed by atoms with Crippen molar-refractivity contribution < 1.29 is 13.6 Å². The fourth-order valence-electron chi connectivity index (χ4n) is 2.56. The highest BCUT2D eigenvalue weighted by molar-refractivity contribution is 7.99. The first-order valence-corrected chi connectivity index (χ1v) is 8.20. The summed E-state index contributed by atoms with van der Waals surface area (Å²) in [5.74, 6) is -0.833. The molecule has 0 spiro atoms. The van der Waals surface area contributed by atoms with Crippen molar-refractivity contribution in [1.29, 1.82) is 0 Å². The molecule has 0 aromatic heterocycles. The molecule has 1 aliphatic rings. The summed E-state index contributed by atoms with van der Waals surface area (Å²) >= 11 is 1.41. The number of carbonyl (C=O) groups is 1. The number of para-hydroxylation sites is 1. The minimum Gasteiger partial charge on any atom is -0.311 e. The largest absolute Gasteiger partial charge is 0.311 e. The average molecular weight is 319 g/mol. The van der Waals surface area contributed by atoms with E-state index in [9.17, 15) is 13.6 Å². The zero-order chi connectivity index (χ0) is 15.5. The maximum Gasteiger partial charge on any atom is 0.237 e. The van der Waals surface area contributed by atoms with Gasteiger partial charge in [-0.25, -0.2) is 8.78 Å². The Hall–Kier alpha value is -1.88. The maximum absolute atomic E-state index is 13.1. The summed E-state index contributed by atoms with van der Waals surface area (Å²) in [4.78, 5) is 14.1. The molecule has 1 amide bonds. The fraction of sp³-hybridized carbons (Fsp3) is 0.235. The molecular formula is C17H15F2NOS. The van der Waals surface area contributed by atoms with Crippen LogP contribution in [-0.4, -0.2) is 18.2 Å². The average Bonchev–Trinajstić information content (AvgIpc) is 2.95. The first-order valence-electron chi connectivity index (χ1n) is 7.05. The molecule has 22 heavy (non-hydrogen) atoms. The van der Waals surface area contributed by atoms with Crippen molar-refractivity contribution in [3.8, 4) is 0 Å². The van der Waals surface area contributed by atoms with Gasteiger partial charge < -0.3 is 4.90 Å². The second-order valence-corrected chi connectivity index (χ2v) is 6.15. The van der Waals surface area contributed by atoms with E-state index in [2.05, 4.69) is 0 Å². The lowest BCUT2D eigenvalue weighted by Crippen LogP contribution is -2.30. The van der Waals surface area contributed by atoms with E-state index < -0.39 is 11.6 Å². The number of hydrogen-bond acceptors (Lipinski definition) is 2. The van der Waals surface area contributed by atoms with Crippen LogP contribution >= 0.6 is 11.8 Å². The number of amides is 1. The zero-order valence-electron chi connectivity index (χ0n) is 11.9. The Bertz CT molecular complexity index is 705. The van der Waals surface area contributed by atoms with Crippen molar-refractivity contribution in [2.75, 3.05) is 17.2 Å². The molecule has 3 rings (SSSR count). The highest BCUT2D eigenvalue weighted by Gasteiger charge is 2.23. The van der Waals surface area contributed by atoms with Gasteiger partial charge in [-0.3, -0.25) is 4.79 Å². The van der Waals surface area contributed by atoms with Gasteiger partial charge in [0, 0.05) is 18.0 Å². The summed E-state index contributed by atoms with van der Waals surface area (Å²) in [7, 11) is 0. The van der Waals surface area contributed by atoms with Gasteiger partial charge in [0.1, 0.15) is 0 Å². The molecule has 5 heteroatoms. The van der Waals surface area contributed by atoms with Gasteiger partial charge in [-0.05, 0) is 35.7 Å². The monoisotopic (exact) mass is 319 g/mol. The molecule has 2 nitrogen and oxygen atoms in total. The maximum atomic E-state index is 13.1. The topological polar surface area (TPSA) is 20.3 Å². The predicted molar refractivity (Wildman–Crippen MR) is 85.0 cm³/mol. The summed E-state index contributed by atoms with van der Waals surface area (Å²) in [5, 5.41) is 0. The molecule has 0 fully saturated rings. The van der Waals surface area contributed by atoms with E-state index in [1.165, 1.54) is 23.4 Å². The number of halogens is 2. The van der Waals surface area contributed by atoms with E-state index in [4.69, 9.17) is 0 Å². The number of thioether (sulfide) groups is 1. The fourth-order valence-corrected chi connectivity index (χ4v) is 3.41. The van der Waals surface area contributed by atoms with Crippen molar-refractivity contribution in [3.05, 3.63) is 65.2 Å². The molecule has 1 heterocycles. The molecule has 0 N–H and O–H groups in total. The molecule has 0 saturated carbocycles. The first-order chi connectivity index (χ1) is 10.6. The lowest BCUT2D eigenvalue weighted by molar-refractivity contribution is -0.116. The Morgan fingerprint density at radius 1 is 1.14 bits per heavy atom. The molecule has 0 saturated heterocycles. The highest BCUT2D eigenvalue weighted by Crippen LogP contribution is 2.28. The zero-order valence-corrected chi connectivity index (χ0v) is 12.7. The molecule has 0 radical (unpaired) electrons. The van der Waals surface area contributed by atoms with Crippen molar-refractivity contribution in [1.82, 2.24) is 0 Å². The Labute approximate surface area is 132 Å². The summed E-state index contributed by atoms with van der Waals surface area (Å²) in [6.45, 7) is 0.712. The number of rotatable bonds is 4. The Kier molecular flexibility index (Phi) is 4.43. The summed E-state index contributed by atoms with van der Waals surface area (Å²) < 4.78 is 26.0. The molecule has 1 aliphatic heterocycles. The number of fused-ring (bicyclic) bond motifs is 1. The van der Waals surface area contributed by atoms with Crippen LogP contribution in [0.4, 0.5) is 14.5 Å². The number of hydrogen-bond donors (Lipinski definition) is 0. The Morgan fingerprint density at radius 3 is 2.77 bits per heavy atom. The van der Waals surface area contributed by atoms with Crippen LogP contribution in [-0.2, 0) is 17.0 Å². The third-order valence-corrected chi connectivity index (χ3v) is 4.66. The highest BCUT2D eigenvalue weighted by atomic mass is 32.2. The quantitative estimate of drug-likeness (QED) is 0.854. The number of carbonyl (C=O) groups excluding carboxylic acids is 1. The second kappa shape index (κ2) is 6.48. The lowest BCUT2D eigenvalue weighted by Gasteiger charge is -2.17. The first kappa shape index (κ1) is 15.0. The molecule has 2 aromatic rings. The lowest BCUT2D eigenvalue weighted by atomic mass is 10.2. The Balaban J connectivity index is 1.56. The van der Waals surface area contributed by atoms with Crippen molar-refractivity contribution in [2.24, 2.45) is 0 Å². The predicted octanol–water partition coefficient (Wildman–Crippen LogP) is 3.79. The molecule has 2 aromatic carbocycles. The summed E-state index contributed by atoms with van der Waals surface area (Å²) in [6.07, 6.45) is 0.885. The normalized spacial score (nSPS) is 13.3. The minimum absolute atomic E-state index is 0.0533. The van der Waals surface area contributed by atoms with Gasteiger partial charge in [0.05, 0.1) is 5.75 Å². The molecule has 0 atom stereocenters. The molecule has 0 aliphatic carbocycles. The Morgan fingerprint density at radius 2 is 1.95 bits per heavy atom. The van der Waals surface area contributed by atoms with E-state index in [1.807, 2.05) is 24.3 Å². The van der Waals surface area contributed by atoms with E-state index in [0.29, 0.717) is 23.6 Å². The van der Waals surface area contributed by atoms with Gasteiger partial charge in [-0.15, -0.1) is 11.8 Å². The minimum atomic E-state index is -0.849. The standard InChI is InChI=1S/C17H15F2NOS/c18-14-6-5-12(9-15(14)19)10-22-11-17(21)20-8-7-13-3-1-2-4-16(13)20/h1-6,9H,7-8,10-11H2. The van der Waals surface area contributed by atoms with Crippen LogP contribution in [0.1, 0.15) is 11.1 Å². The van der Waals surface area contributed by atoms with E-state index >= 15 is 0 Å². The van der Waals surface area contributed by atoms with Crippen LogP contribution < -0.4 is 4.90 Å². The summed E-state index contributed by atoms with van der Waals surface area (Å²) in [6, 6.07) is 11.7. The second-order valence-electron chi connectivity index (χ2n) is 5.17. The van der Waals surface area contributed by atoms with Gasteiger partial charge in [0.25, 0.3) is 0 Å². The van der Waals surface area contributed by atoms with Gasteiger partial charge in [-0.2, -0.15) is 0 Å². The van der Waals surface area contributed by atoms with Gasteiger partial charge in [0.15, 0.2) is 11.6 Å². The SMILES string of the molecule is O=C(CSCc1ccc(F)c(F)c1)N1CCc2ccccc21. The van der Waals surface area contributed by atoms with Crippen LogP contribution in [0.25, 0.3) is 0 Å². The molecular weight excluding hydrogens is 304 g/mol. The van der Waals surface area contributed by atoms with Crippen LogP contribution in [0.5, 0.6) is 0 Å². The van der Waals surface area contributed by atoms with Gasteiger partial charge >= 0.3 is 0 Å². The smallest absolute Gasteiger partial charge is 0.237 e. The molecule has 0 unspecified atom stereocenters. The van der Waals surface area contributed by atoms with Crippen molar-refractivity contribution in [2.45, 2.75) is 12.2 Å². The van der Waals surface area contributed by atoms with Crippen LogP contribution in [0.3, 0.4) is 0 Å². The molecule has 114 valence electrons. The van der Waals surface area contributed by atoms with E-state index in [1.54, 1.807) is 11.0 Å². The van der Waals surface area contributed by atoms with Crippen molar-refractivity contribution in [3.63, 3.8) is 0 Å².